The Morgan fingerprint density at radius 2 is 1.69 bits per heavy atom. The van der Waals surface area contributed by atoms with Crippen LogP contribution >= 0.6 is 0 Å². The van der Waals surface area contributed by atoms with Crippen molar-refractivity contribution in [1.29, 1.82) is 5.26 Å². The third-order valence-electron chi connectivity index (χ3n) is 13.8. The monoisotopic (exact) mass is 495 g/mol. The maximum atomic E-state index is 17.2. The van der Waals surface area contributed by atoms with Crippen molar-refractivity contribution in [3.05, 3.63) is 11.6 Å². The van der Waals surface area contributed by atoms with Crippen LogP contribution in [0.25, 0.3) is 0 Å². The molecule has 1 heterocycles. The first-order chi connectivity index (χ1) is 16.7. The second-order valence-corrected chi connectivity index (χ2v) is 14.9. The predicted octanol–water partition coefficient (Wildman–Crippen LogP) is 6.59. The number of Topliss-reactive ketones (excluding diaryl/α,β-unsaturated/α-hetero) is 1. The highest BCUT2D eigenvalue weighted by atomic mass is 19.1. The molecule has 196 valence electrons. The highest BCUT2D eigenvalue weighted by Gasteiger charge is 2.84. The van der Waals surface area contributed by atoms with Gasteiger partial charge in [0.25, 0.3) is 0 Å². The van der Waals surface area contributed by atoms with E-state index in [1.54, 1.807) is 0 Å². The predicted molar refractivity (Wildman–Crippen MR) is 134 cm³/mol. The zero-order chi connectivity index (χ0) is 26.3. The molecule has 0 amide bonds. The zero-order valence-electron chi connectivity index (χ0n) is 23.0. The maximum Gasteiger partial charge on any atom is 0.313 e. The molecule has 5 fully saturated rings. The summed E-state index contributed by atoms with van der Waals surface area (Å²) in [5.41, 5.74) is -3.30. The molecule has 4 nitrogen and oxygen atoms in total. The number of allylic oxidation sites excluding steroid dienone is 2. The van der Waals surface area contributed by atoms with Crippen molar-refractivity contribution in [3.63, 3.8) is 0 Å². The lowest BCUT2D eigenvalue weighted by Crippen LogP contribution is -2.75. The standard InChI is InChI=1S/C31H42FNO3/c1-17-8-11-30-13-12-29(7)28(6)10-9-20-26(3,4)24(34)19(16-33)15-27(20,5)21(28)14-22(32)31(29,36-25(30)35)23(30)18(17)2/h15,17-18,20-23H,8-14H2,1-7H3/t17-,18+,20?,21-,22+,23?,27+,28-,29+,30+,31+/m1/s1. The van der Waals surface area contributed by atoms with Crippen molar-refractivity contribution < 1.29 is 18.7 Å². The minimum absolute atomic E-state index is 0.0341. The van der Waals surface area contributed by atoms with Gasteiger partial charge in [0.2, 0.25) is 0 Å². The second-order valence-electron chi connectivity index (χ2n) is 14.9. The lowest BCUT2D eigenvalue weighted by atomic mass is 9.30. The van der Waals surface area contributed by atoms with Crippen LogP contribution in [-0.2, 0) is 14.3 Å². The highest BCUT2D eigenvalue weighted by Crippen LogP contribution is 2.80. The van der Waals surface area contributed by atoms with E-state index >= 15 is 4.39 Å². The number of ether oxygens (including phenoxy) is 1. The van der Waals surface area contributed by atoms with Gasteiger partial charge in [-0.25, -0.2) is 4.39 Å². The van der Waals surface area contributed by atoms with E-state index in [0.29, 0.717) is 12.3 Å². The molecule has 0 aromatic carbocycles. The number of halogens is 1. The van der Waals surface area contributed by atoms with Crippen LogP contribution in [0.1, 0.15) is 93.4 Å². The number of nitriles is 1. The molecule has 5 aliphatic carbocycles. The number of rotatable bonds is 0. The second kappa shape index (κ2) is 6.83. The molecule has 2 bridgehead atoms. The van der Waals surface area contributed by atoms with Crippen molar-refractivity contribution >= 4 is 11.8 Å². The zero-order valence-corrected chi connectivity index (χ0v) is 23.0. The van der Waals surface area contributed by atoms with Crippen LogP contribution in [0.15, 0.2) is 11.6 Å². The van der Waals surface area contributed by atoms with Gasteiger partial charge in [-0.15, -0.1) is 0 Å². The van der Waals surface area contributed by atoms with Crippen LogP contribution in [0.3, 0.4) is 0 Å². The van der Waals surface area contributed by atoms with Gasteiger partial charge in [0.05, 0.1) is 11.0 Å². The van der Waals surface area contributed by atoms with Crippen molar-refractivity contribution in [3.8, 4) is 6.07 Å². The van der Waals surface area contributed by atoms with E-state index in [4.69, 9.17) is 4.74 Å². The molecule has 0 aromatic rings. The smallest absolute Gasteiger partial charge is 0.313 e. The summed E-state index contributed by atoms with van der Waals surface area (Å²) < 4.78 is 23.7. The summed E-state index contributed by atoms with van der Waals surface area (Å²) in [6, 6.07) is 2.18. The van der Waals surface area contributed by atoms with Gasteiger partial charge >= 0.3 is 5.97 Å². The number of nitrogens with zero attached hydrogens (tertiary/aromatic N) is 1. The van der Waals surface area contributed by atoms with Crippen LogP contribution in [0.2, 0.25) is 0 Å². The Balaban J connectivity index is 1.55. The molecular weight excluding hydrogens is 453 g/mol. The van der Waals surface area contributed by atoms with Gasteiger partial charge in [-0.1, -0.05) is 54.5 Å². The van der Waals surface area contributed by atoms with Crippen molar-refractivity contribution in [1.82, 2.24) is 0 Å². The molecule has 36 heavy (non-hydrogen) atoms. The molecule has 0 radical (unpaired) electrons. The van der Waals surface area contributed by atoms with Crippen molar-refractivity contribution in [2.24, 2.45) is 56.7 Å². The number of carbonyl (C=O) groups excluding carboxylic acids is 2. The largest absolute Gasteiger partial charge is 0.455 e. The van der Waals surface area contributed by atoms with Gasteiger partial charge in [0.1, 0.15) is 12.2 Å². The van der Waals surface area contributed by atoms with E-state index in [0.717, 1.165) is 38.5 Å². The normalized spacial score (nSPS) is 56.8. The van der Waals surface area contributed by atoms with Crippen LogP contribution in [-0.4, -0.2) is 23.5 Å². The number of hydrogen-bond donors (Lipinski definition) is 0. The number of esters is 1. The molecule has 1 spiro atoms. The molecule has 1 aliphatic heterocycles. The minimum atomic E-state index is -1.25. The maximum absolute atomic E-state index is 17.2. The number of fused-ring (bicyclic) bond motifs is 4. The summed E-state index contributed by atoms with van der Waals surface area (Å²) >= 11 is 0. The molecule has 6 aliphatic rings. The average molecular weight is 496 g/mol. The first-order valence-electron chi connectivity index (χ1n) is 14.2. The molecule has 2 unspecified atom stereocenters. The summed E-state index contributed by atoms with van der Waals surface area (Å²) in [5, 5.41) is 9.87. The molecule has 4 saturated carbocycles. The fraction of sp³-hybridized carbons (Fsp3) is 0.839. The average Bonchev–Trinajstić information content (AvgIpc) is 3.03. The number of ketones is 1. The van der Waals surface area contributed by atoms with Gasteiger partial charge in [-0.2, -0.15) is 5.26 Å². The van der Waals surface area contributed by atoms with E-state index < -0.39 is 33.4 Å². The first-order valence-corrected chi connectivity index (χ1v) is 14.2. The Morgan fingerprint density at radius 3 is 2.36 bits per heavy atom. The van der Waals surface area contributed by atoms with E-state index in [2.05, 4.69) is 40.7 Å². The molecular formula is C31H42FNO3. The van der Waals surface area contributed by atoms with Crippen molar-refractivity contribution in [2.45, 2.75) is 105 Å². The van der Waals surface area contributed by atoms with E-state index in [-0.39, 0.29) is 46.4 Å². The summed E-state index contributed by atoms with van der Waals surface area (Å²) in [4.78, 5) is 26.9. The Bertz CT molecular complexity index is 1140. The van der Waals surface area contributed by atoms with E-state index in [1.807, 2.05) is 19.9 Å². The molecule has 6 rings (SSSR count). The lowest BCUT2D eigenvalue weighted by molar-refractivity contribution is -0.297. The highest BCUT2D eigenvalue weighted by molar-refractivity contribution is 6.04. The lowest BCUT2D eigenvalue weighted by Gasteiger charge is -2.73. The van der Waals surface area contributed by atoms with E-state index in [9.17, 15) is 14.9 Å². The Kier molecular flexibility index (Phi) is 4.67. The SMILES string of the molecule is C[C@@H]1CC[C@@]23CC[C@]4(C)[C@@](OC2=O)(C3[C@H]1C)[C@@H](F)C[C@@H]1[C@@]2(C)C=C(C#N)C(=O)C(C)(C)C2CC[C@]14C. The topological polar surface area (TPSA) is 67.2 Å². The molecule has 5 heteroatoms. The fourth-order valence-electron chi connectivity index (χ4n) is 11.6. The Hall–Kier alpha value is -1.70. The van der Waals surface area contributed by atoms with Gasteiger partial charge in [-0.3, -0.25) is 9.59 Å². The number of alkyl halides is 1. The summed E-state index contributed by atoms with van der Waals surface area (Å²) in [6.07, 6.45) is 6.12. The Morgan fingerprint density at radius 1 is 1.00 bits per heavy atom. The minimum Gasteiger partial charge on any atom is -0.455 e. The molecule has 1 saturated heterocycles. The number of hydrogen-bond acceptors (Lipinski definition) is 4. The number of carbonyl (C=O) groups is 2. The summed E-state index contributed by atoms with van der Waals surface area (Å²) in [7, 11) is 0. The fourth-order valence-corrected chi connectivity index (χ4v) is 11.6. The van der Waals surface area contributed by atoms with Gasteiger partial charge in [-0.05, 0) is 79.4 Å². The third kappa shape index (κ3) is 2.30. The van der Waals surface area contributed by atoms with Crippen molar-refractivity contribution in [2.75, 3.05) is 0 Å². The van der Waals surface area contributed by atoms with E-state index in [1.165, 1.54) is 0 Å². The van der Waals surface area contributed by atoms with Crippen LogP contribution in [0.5, 0.6) is 0 Å². The molecule has 11 atom stereocenters. The van der Waals surface area contributed by atoms with Crippen LogP contribution in [0.4, 0.5) is 4.39 Å². The van der Waals surface area contributed by atoms with Crippen LogP contribution < -0.4 is 0 Å². The molecule has 0 N–H and O–H groups in total. The summed E-state index contributed by atoms with van der Waals surface area (Å²) in [5.74, 6) is 0.376. The summed E-state index contributed by atoms with van der Waals surface area (Å²) in [6.45, 7) is 15.2. The van der Waals surface area contributed by atoms with Gasteiger partial charge < -0.3 is 4.74 Å². The Labute approximate surface area is 215 Å². The molecule has 0 aromatic heterocycles. The first kappa shape index (κ1) is 24.6. The van der Waals surface area contributed by atoms with Gasteiger partial charge in [0, 0.05) is 16.7 Å². The van der Waals surface area contributed by atoms with Crippen LogP contribution in [0, 0.1) is 68.0 Å². The third-order valence-corrected chi connectivity index (χ3v) is 13.8. The van der Waals surface area contributed by atoms with Gasteiger partial charge in [0.15, 0.2) is 11.4 Å². The quantitative estimate of drug-likeness (QED) is 0.356.